The molecule has 2 heterocycles. The van der Waals surface area contributed by atoms with Gasteiger partial charge in [-0.1, -0.05) is 18.2 Å². The molecular weight excluding hydrogens is 552 g/mol. The number of anilines is 1. The Kier molecular flexibility index (Phi) is 8.78. The number of aliphatic imine (C=N–C) groups is 1. The largest absolute Gasteiger partial charge is 0.417 e. The van der Waals surface area contributed by atoms with Crippen LogP contribution in [0.4, 0.5) is 36.7 Å². The smallest absolute Gasteiger partial charge is 0.381 e. The van der Waals surface area contributed by atoms with E-state index >= 15 is 0 Å². The first-order valence-electron chi connectivity index (χ1n) is 11.3. The third kappa shape index (κ3) is 5.89. The van der Waals surface area contributed by atoms with Crippen molar-refractivity contribution < 1.29 is 34.9 Å². The summed E-state index contributed by atoms with van der Waals surface area (Å²) in [6.07, 6.45) is -2.45. The van der Waals surface area contributed by atoms with Crippen molar-refractivity contribution in [1.29, 1.82) is 0 Å². The second kappa shape index (κ2) is 11.9. The van der Waals surface area contributed by atoms with Gasteiger partial charge >= 0.3 is 6.18 Å². The molecule has 1 aliphatic rings. The van der Waals surface area contributed by atoms with E-state index in [0.29, 0.717) is 31.6 Å². The van der Waals surface area contributed by atoms with Gasteiger partial charge in [0.2, 0.25) is 0 Å². The summed E-state index contributed by atoms with van der Waals surface area (Å²) in [7, 11) is 0. The number of carbonyl (C=O) groups excluding carboxylic acids is 1. The fourth-order valence-electron chi connectivity index (χ4n) is 4.39. The van der Waals surface area contributed by atoms with Crippen molar-refractivity contribution in [1.82, 2.24) is 3.97 Å². The summed E-state index contributed by atoms with van der Waals surface area (Å²) in [6, 6.07) is 8.32. The van der Waals surface area contributed by atoms with Gasteiger partial charge in [0.25, 0.3) is 0 Å². The van der Waals surface area contributed by atoms with Gasteiger partial charge in [-0.05, 0) is 55.3 Å². The van der Waals surface area contributed by atoms with Crippen molar-refractivity contribution in [2.75, 3.05) is 17.5 Å². The molecule has 5 nitrogen and oxygen atoms in total. The van der Waals surface area contributed by atoms with Crippen molar-refractivity contribution in [3.8, 4) is 0 Å². The standard InChI is InChI=1S/C25H21F6N3O2S2/c1-32-23-21(26)11-16(15-6-8-36-9-7-15)12-22(23)34(38-31)14-18-10-17(13-33(18)37-30)24(35)19-4-2-3-5-20(19)25(27,28)29/h2-5,10-13,15H,1,6-9,14H2. The normalized spacial score (nSPS) is 14.5. The van der Waals surface area contributed by atoms with E-state index in [0.717, 1.165) is 32.7 Å². The van der Waals surface area contributed by atoms with E-state index in [9.17, 15) is 30.1 Å². The number of ketones is 1. The molecule has 0 bridgehead atoms. The fourth-order valence-corrected chi connectivity index (χ4v) is 5.14. The van der Waals surface area contributed by atoms with E-state index < -0.39 is 28.9 Å². The van der Waals surface area contributed by atoms with Gasteiger partial charge < -0.3 is 4.74 Å². The highest BCUT2D eigenvalue weighted by molar-refractivity contribution is 7.95. The first kappa shape index (κ1) is 28.1. The Morgan fingerprint density at radius 2 is 1.87 bits per heavy atom. The monoisotopic (exact) mass is 573 g/mol. The molecule has 38 heavy (non-hydrogen) atoms. The number of halogens is 6. The molecule has 13 heteroatoms. The van der Waals surface area contributed by atoms with Crippen molar-refractivity contribution >= 4 is 48.5 Å². The summed E-state index contributed by atoms with van der Waals surface area (Å²) < 4.78 is 90.5. The van der Waals surface area contributed by atoms with E-state index in [-0.39, 0.29) is 59.8 Å². The van der Waals surface area contributed by atoms with Gasteiger partial charge in [0.1, 0.15) is 5.69 Å². The summed E-state index contributed by atoms with van der Waals surface area (Å²) >= 11 is -0.589. The molecule has 0 amide bonds. The number of aromatic nitrogens is 1. The zero-order chi connectivity index (χ0) is 27.4. The number of carbonyl (C=O) groups is 1. The lowest BCUT2D eigenvalue weighted by Crippen LogP contribution is -2.17. The van der Waals surface area contributed by atoms with Gasteiger partial charge in [0.15, 0.2) is 36.3 Å². The van der Waals surface area contributed by atoms with Crippen molar-refractivity contribution in [3.63, 3.8) is 0 Å². The number of ether oxygens (including phenoxy) is 1. The predicted molar refractivity (Wildman–Crippen MR) is 137 cm³/mol. The second-order valence-electron chi connectivity index (χ2n) is 8.51. The zero-order valence-corrected chi connectivity index (χ0v) is 21.3. The summed E-state index contributed by atoms with van der Waals surface area (Å²) in [5.74, 6) is -1.72. The van der Waals surface area contributed by atoms with Gasteiger partial charge in [0, 0.05) is 30.5 Å². The van der Waals surface area contributed by atoms with E-state index in [1.807, 2.05) is 0 Å². The van der Waals surface area contributed by atoms with Crippen LogP contribution in [-0.2, 0) is 17.5 Å². The molecule has 1 aliphatic heterocycles. The van der Waals surface area contributed by atoms with E-state index in [1.54, 1.807) is 6.07 Å². The Morgan fingerprint density at radius 3 is 2.50 bits per heavy atom. The van der Waals surface area contributed by atoms with Crippen LogP contribution in [0.2, 0.25) is 0 Å². The highest BCUT2D eigenvalue weighted by Gasteiger charge is 2.35. The van der Waals surface area contributed by atoms with E-state index in [2.05, 4.69) is 11.7 Å². The molecule has 4 rings (SSSR count). The molecule has 1 saturated heterocycles. The highest BCUT2D eigenvalue weighted by Crippen LogP contribution is 2.41. The maximum Gasteiger partial charge on any atom is 0.417 e. The van der Waals surface area contributed by atoms with Crippen LogP contribution in [-0.4, -0.2) is 29.7 Å². The average molecular weight is 574 g/mol. The van der Waals surface area contributed by atoms with Gasteiger partial charge in [-0.2, -0.15) is 13.2 Å². The van der Waals surface area contributed by atoms with Crippen LogP contribution in [0.15, 0.2) is 53.7 Å². The van der Waals surface area contributed by atoms with Crippen molar-refractivity contribution in [2.24, 2.45) is 4.99 Å². The highest BCUT2D eigenvalue weighted by atomic mass is 32.2. The molecule has 0 N–H and O–H groups in total. The Bertz CT molecular complexity index is 1320. The number of benzene rings is 2. The lowest BCUT2D eigenvalue weighted by atomic mass is 9.91. The van der Waals surface area contributed by atoms with Crippen molar-refractivity contribution in [3.05, 3.63) is 82.4 Å². The number of hydrogen-bond acceptors (Lipinski definition) is 6. The molecule has 0 saturated carbocycles. The summed E-state index contributed by atoms with van der Waals surface area (Å²) in [5, 5.41) is 0. The topological polar surface area (TPSA) is 46.8 Å². The summed E-state index contributed by atoms with van der Waals surface area (Å²) in [5.41, 5.74) is -1.48. The lowest BCUT2D eigenvalue weighted by Gasteiger charge is -2.26. The minimum atomic E-state index is -4.78. The first-order valence-corrected chi connectivity index (χ1v) is 12.7. The molecule has 0 aliphatic carbocycles. The molecular formula is C25H21F6N3O2S2. The van der Waals surface area contributed by atoms with Gasteiger partial charge in [0.05, 0.1) is 23.5 Å². The summed E-state index contributed by atoms with van der Waals surface area (Å²) in [4.78, 5) is 16.7. The maximum atomic E-state index is 14.9. The SMILES string of the molecule is C=Nc1c(F)cc(C2CCOCC2)cc1N(Cc1cc(C(=O)c2ccccc2C(F)(F)F)cn1SF)SF. The third-order valence-electron chi connectivity index (χ3n) is 6.25. The van der Waals surface area contributed by atoms with Crippen LogP contribution >= 0.6 is 24.7 Å². The molecule has 2 aromatic carbocycles. The molecule has 202 valence electrons. The van der Waals surface area contributed by atoms with Crippen LogP contribution in [0, 0.1) is 5.82 Å². The number of rotatable bonds is 9. The Morgan fingerprint density at radius 1 is 1.16 bits per heavy atom. The van der Waals surface area contributed by atoms with Crippen LogP contribution < -0.4 is 4.31 Å². The molecule has 1 fully saturated rings. The molecule has 3 aromatic rings. The van der Waals surface area contributed by atoms with Crippen LogP contribution in [0.1, 0.15) is 51.5 Å². The zero-order valence-electron chi connectivity index (χ0n) is 19.7. The quantitative estimate of drug-likeness (QED) is 0.112. The maximum absolute atomic E-state index is 14.9. The number of nitrogens with zero attached hydrogens (tertiary/aromatic N) is 3. The third-order valence-corrected chi connectivity index (χ3v) is 7.23. The second-order valence-corrected chi connectivity index (χ2v) is 9.62. The Labute approximate surface area is 223 Å². The lowest BCUT2D eigenvalue weighted by molar-refractivity contribution is -0.137. The van der Waals surface area contributed by atoms with Crippen LogP contribution in [0.3, 0.4) is 0 Å². The molecule has 0 spiro atoms. The van der Waals surface area contributed by atoms with E-state index in [4.69, 9.17) is 4.74 Å². The van der Waals surface area contributed by atoms with E-state index in [1.165, 1.54) is 18.2 Å². The van der Waals surface area contributed by atoms with Crippen molar-refractivity contribution in [2.45, 2.75) is 31.5 Å². The van der Waals surface area contributed by atoms with Crippen LogP contribution in [0.5, 0.6) is 0 Å². The summed E-state index contributed by atoms with van der Waals surface area (Å²) in [6.45, 7) is 4.00. The van der Waals surface area contributed by atoms with Gasteiger partial charge in [-0.3, -0.25) is 18.1 Å². The predicted octanol–water partition coefficient (Wildman–Crippen LogP) is 8.02. The molecule has 0 unspecified atom stereocenters. The molecule has 0 atom stereocenters. The molecule has 0 radical (unpaired) electrons. The number of hydrogen-bond donors (Lipinski definition) is 0. The average Bonchev–Trinajstić information content (AvgIpc) is 3.33. The molecule has 1 aromatic heterocycles. The fraction of sp³-hybridized carbons (Fsp3) is 0.280. The number of alkyl halides is 3. The van der Waals surface area contributed by atoms with Gasteiger partial charge in [-0.25, -0.2) is 4.39 Å². The minimum absolute atomic E-state index is 0.0227. The van der Waals surface area contributed by atoms with Gasteiger partial charge in [-0.15, -0.1) is 7.77 Å². The Hall–Kier alpha value is -2.90. The first-order chi connectivity index (χ1) is 18.2. The Balaban J connectivity index is 1.69. The van der Waals surface area contributed by atoms with Crippen LogP contribution in [0.25, 0.3) is 0 Å². The minimum Gasteiger partial charge on any atom is -0.381 e.